The fraction of sp³-hybridized carbons (Fsp3) is 0.500. The summed E-state index contributed by atoms with van der Waals surface area (Å²) in [4.78, 5) is 20.5. The van der Waals surface area contributed by atoms with Gasteiger partial charge in [-0.1, -0.05) is 29.4 Å². The molecule has 2 saturated heterocycles. The van der Waals surface area contributed by atoms with Gasteiger partial charge in [-0.25, -0.2) is 13.4 Å². The lowest BCUT2D eigenvalue weighted by atomic mass is 10.0. The molecule has 0 aliphatic carbocycles. The molecule has 1 aromatic carbocycles. The first-order valence-electron chi connectivity index (χ1n) is 12.1. The minimum Gasteiger partial charge on any atom is -0.494 e. The maximum atomic E-state index is 14.1. The monoisotopic (exact) mass is 569 g/mol. The zero-order chi connectivity index (χ0) is 25.3. The number of benzene rings is 1. The van der Waals surface area contributed by atoms with E-state index in [4.69, 9.17) is 26.1 Å². The zero-order valence-corrected chi connectivity index (χ0v) is 23.1. The number of thiophene rings is 1. The number of anilines is 1. The van der Waals surface area contributed by atoms with Crippen LogP contribution in [0.25, 0.3) is 10.2 Å². The quantitative estimate of drug-likeness (QED) is 0.372. The molecule has 4 heterocycles. The minimum atomic E-state index is -3.86. The predicted octanol–water partition coefficient (Wildman–Crippen LogP) is 5.17. The molecule has 2 atom stereocenters. The van der Waals surface area contributed by atoms with Crippen LogP contribution in [0.3, 0.4) is 0 Å². The molecule has 3 aromatic rings. The molecule has 0 radical (unpaired) electrons. The van der Waals surface area contributed by atoms with Crippen LogP contribution >= 0.6 is 34.3 Å². The summed E-state index contributed by atoms with van der Waals surface area (Å²) < 4.78 is 41.3. The molecule has 194 valence electrons. The molecule has 36 heavy (non-hydrogen) atoms. The topological polar surface area (TPSA) is 89.0 Å². The predicted molar refractivity (Wildman–Crippen MR) is 143 cm³/mol. The molecule has 2 fully saturated rings. The van der Waals surface area contributed by atoms with E-state index < -0.39 is 16.1 Å². The molecule has 12 heteroatoms. The van der Waals surface area contributed by atoms with Gasteiger partial charge in [0.05, 0.1) is 33.8 Å². The highest BCUT2D eigenvalue weighted by molar-refractivity contribution is 7.91. The molecule has 0 saturated carbocycles. The van der Waals surface area contributed by atoms with Gasteiger partial charge in [0, 0.05) is 13.2 Å². The molecule has 0 N–H and O–H groups in total. The summed E-state index contributed by atoms with van der Waals surface area (Å²) in [7, 11) is -3.86. The Morgan fingerprint density at radius 3 is 2.81 bits per heavy atom. The van der Waals surface area contributed by atoms with E-state index in [1.807, 2.05) is 25.1 Å². The molecule has 1 amide bonds. The molecule has 2 unspecified atom stereocenters. The standard InChI is InChI=1S/C24H28ClN3O5S3/c1-2-32-16-8-9-18-20(14-16)34-24(26-18)27(15-17-6-5-13-33-17)23(29)19-7-3-4-12-28(19)36(30,31)22-11-10-21(25)35-22/h8-11,14,17,19H,2-7,12-13,15H2,1H3. The second-order valence-corrected chi connectivity index (χ2v) is 13.7. The Bertz CT molecular complexity index is 1340. The minimum absolute atomic E-state index is 0.107. The SMILES string of the molecule is CCOc1ccc2nc(N(CC3CCCO3)C(=O)C3CCCCN3S(=O)(=O)c3ccc(Cl)s3)sc2c1. The highest BCUT2D eigenvalue weighted by Crippen LogP contribution is 2.36. The van der Waals surface area contributed by atoms with E-state index in [2.05, 4.69) is 0 Å². The smallest absolute Gasteiger partial charge is 0.253 e. The number of piperidine rings is 1. The molecule has 8 nitrogen and oxygen atoms in total. The van der Waals surface area contributed by atoms with Gasteiger partial charge in [0.2, 0.25) is 5.91 Å². The summed E-state index contributed by atoms with van der Waals surface area (Å²) in [6.07, 6.45) is 3.62. The Labute approximate surface area is 223 Å². The van der Waals surface area contributed by atoms with Crippen LogP contribution in [-0.4, -0.2) is 62.1 Å². The van der Waals surface area contributed by atoms with E-state index in [0.29, 0.717) is 48.6 Å². The average Bonchev–Trinajstić information content (AvgIpc) is 3.63. The highest BCUT2D eigenvalue weighted by Gasteiger charge is 2.41. The third-order valence-corrected chi connectivity index (χ3v) is 11.1. The number of nitrogens with zero attached hydrogens (tertiary/aromatic N) is 3. The van der Waals surface area contributed by atoms with Crippen LogP contribution in [0.2, 0.25) is 4.34 Å². The van der Waals surface area contributed by atoms with Crippen LogP contribution < -0.4 is 9.64 Å². The Hall–Kier alpha value is -1.76. The van der Waals surface area contributed by atoms with E-state index in [0.717, 1.165) is 46.6 Å². The van der Waals surface area contributed by atoms with Gasteiger partial charge in [0.25, 0.3) is 10.0 Å². The molecule has 2 aliphatic heterocycles. The third kappa shape index (κ3) is 5.27. The lowest BCUT2D eigenvalue weighted by molar-refractivity contribution is -0.123. The molecule has 0 spiro atoms. The fourth-order valence-corrected chi connectivity index (χ4v) is 8.96. The lowest BCUT2D eigenvalue weighted by Crippen LogP contribution is -2.54. The van der Waals surface area contributed by atoms with Crippen LogP contribution in [0.15, 0.2) is 34.5 Å². The van der Waals surface area contributed by atoms with Crippen molar-refractivity contribution in [1.82, 2.24) is 9.29 Å². The number of carbonyl (C=O) groups excluding carboxylic acids is 1. The van der Waals surface area contributed by atoms with Crippen LogP contribution in [-0.2, 0) is 19.6 Å². The van der Waals surface area contributed by atoms with Crippen molar-refractivity contribution in [2.24, 2.45) is 0 Å². The lowest BCUT2D eigenvalue weighted by Gasteiger charge is -2.36. The zero-order valence-electron chi connectivity index (χ0n) is 19.9. The maximum absolute atomic E-state index is 14.1. The van der Waals surface area contributed by atoms with E-state index in [1.54, 1.807) is 11.0 Å². The number of ether oxygens (including phenoxy) is 2. The van der Waals surface area contributed by atoms with Crippen molar-refractivity contribution in [2.75, 3.05) is 31.2 Å². The van der Waals surface area contributed by atoms with Crippen molar-refractivity contribution in [2.45, 2.75) is 55.4 Å². The molecular weight excluding hydrogens is 542 g/mol. The first-order chi connectivity index (χ1) is 17.4. The van der Waals surface area contributed by atoms with Gasteiger partial charge < -0.3 is 9.47 Å². The van der Waals surface area contributed by atoms with Gasteiger partial charge >= 0.3 is 0 Å². The van der Waals surface area contributed by atoms with Crippen molar-refractivity contribution in [3.8, 4) is 5.75 Å². The molecular formula is C24H28ClN3O5S3. The number of sulfonamides is 1. The fourth-order valence-electron chi connectivity index (χ4n) is 4.69. The van der Waals surface area contributed by atoms with Crippen molar-refractivity contribution in [3.63, 3.8) is 0 Å². The van der Waals surface area contributed by atoms with Gasteiger partial charge in [-0.3, -0.25) is 9.69 Å². The van der Waals surface area contributed by atoms with Gasteiger partial charge in [-0.05, 0) is 62.9 Å². The van der Waals surface area contributed by atoms with Crippen LogP contribution in [0, 0.1) is 0 Å². The van der Waals surface area contributed by atoms with E-state index in [1.165, 1.54) is 21.7 Å². The van der Waals surface area contributed by atoms with Gasteiger partial charge in [-0.2, -0.15) is 4.31 Å². The van der Waals surface area contributed by atoms with Gasteiger partial charge in [-0.15, -0.1) is 11.3 Å². The number of aromatic nitrogens is 1. The summed E-state index contributed by atoms with van der Waals surface area (Å²) in [5.41, 5.74) is 0.768. The third-order valence-electron chi connectivity index (χ3n) is 6.42. The summed E-state index contributed by atoms with van der Waals surface area (Å²) in [6, 6.07) is 7.94. The molecule has 0 bridgehead atoms. The Balaban J connectivity index is 1.49. The van der Waals surface area contributed by atoms with Crippen molar-refractivity contribution in [1.29, 1.82) is 0 Å². The Morgan fingerprint density at radius 1 is 1.22 bits per heavy atom. The second-order valence-electron chi connectivity index (χ2n) is 8.83. The van der Waals surface area contributed by atoms with Crippen LogP contribution in [0.1, 0.15) is 39.0 Å². The number of fused-ring (bicyclic) bond motifs is 1. The summed E-state index contributed by atoms with van der Waals surface area (Å²) in [6.45, 7) is 3.78. The largest absolute Gasteiger partial charge is 0.494 e. The van der Waals surface area contributed by atoms with Crippen molar-refractivity contribution < 1.29 is 22.7 Å². The second kappa shape index (κ2) is 10.9. The maximum Gasteiger partial charge on any atom is 0.253 e. The average molecular weight is 570 g/mol. The number of thiazole rings is 1. The number of amides is 1. The number of hydrogen-bond donors (Lipinski definition) is 0. The summed E-state index contributed by atoms with van der Waals surface area (Å²) in [5, 5.41) is 0.543. The van der Waals surface area contributed by atoms with Crippen molar-refractivity contribution in [3.05, 3.63) is 34.7 Å². The molecule has 5 rings (SSSR count). The Morgan fingerprint density at radius 2 is 2.08 bits per heavy atom. The number of halogens is 1. The van der Waals surface area contributed by atoms with Gasteiger partial charge in [0.1, 0.15) is 16.0 Å². The van der Waals surface area contributed by atoms with E-state index in [-0.39, 0.29) is 16.2 Å². The Kier molecular flexibility index (Phi) is 7.85. The van der Waals surface area contributed by atoms with E-state index in [9.17, 15) is 13.2 Å². The normalized spacial score (nSPS) is 21.2. The number of hydrogen-bond acceptors (Lipinski definition) is 8. The first kappa shape index (κ1) is 25.9. The van der Waals surface area contributed by atoms with Crippen LogP contribution in [0.4, 0.5) is 5.13 Å². The van der Waals surface area contributed by atoms with Crippen LogP contribution in [0.5, 0.6) is 5.75 Å². The summed E-state index contributed by atoms with van der Waals surface area (Å²) in [5.74, 6) is 0.483. The number of rotatable bonds is 8. The summed E-state index contributed by atoms with van der Waals surface area (Å²) >= 11 is 8.44. The van der Waals surface area contributed by atoms with E-state index >= 15 is 0 Å². The first-order valence-corrected chi connectivity index (χ1v) is 15.6. The highest BCUT2D eigenvalue weighted by atomic mass is 35.5. The molecule has 2 aliphatic rings. The number of carbonyl (C=O) groups is 1. The molecule has 2 aromatic heterocycles. The van der Waals surface area contributed by atoms with Crippen molar-refractivity contribution >= 4 is 65.6 Å². The van der Waals surface area contributed by atoms with Gasteiger partial charge in [0.15, 0.2) is 5.13 Å².